The minimum atomic E-state index is 0. The van der Waals surface area contributed by atoms with Crippen LogP contribution in [0.2, 0.25) is 0 Å². The highest BCUT2D eigenvalue weighted by Gasteiger charge is 2.21. The summed E-state index contributed by atoms with van der Waals surface area (Å²) in [5, 5.41) is 6.38. The number of carbonyl (C=O) groups is 1. The van der Waals surface area contributed by atoms with Gasteiger partial charge in [0.1, 0.15) is 0 Å². The van der Waals surface area contributed by atoms with E-state index in [1.165, 1.54) is 18.5 Å². The molecule has 0 atom stereocenters. The molecule has 2 heterocycles. The second kappa shape index (κ2) is 7.66. The van der Waals surface area contributed by atoms with Crippen LogP contribution in [0.5, 0.6) is 0 Å². The van der Waals surface area contributed by atoms with Crippen LogP contribution in [0.1, 0.15) is 25.7 Å². The fourth-order valence-electron chi connectivity index (χ4n) is 3.08. The number of benzene rings is 1. The summed E-state index contributed by atoms with van der Waals surface area (Å²) in [4.78, 5) is 14.6. The van der Waals surface area contributed by atoms with Gasteiger partial charge in [-0.3, -0.25) is 4.79 Å². The van der Waals surface area contributed by atoms with E-state index in [9.17, 15) is 4.79 Å². The summed E-state index contributed by atoms with van der Waals surface area (Å²) >= 11 is 0. The van der Waals surface area contributed by atoms with E-state index in [4.69, 9.17) is 0 Å². The van der Waals surface area contributed by atoms with E-state index in [-0.39, 0.29) is 24.2 Å². The summed E-state index contributed by atoms with van der Waals surface area (Å²) in [5.41, 5.74) is 2.16. The Kier molecular flexibility index (Phi) is 5.88. The monoisotopic (exact) mass is 309 g/mol. The molecule has 116 valence electrons. The second-order valence-corrected chi connectivity index (χ2v) is 5.76. The summed E-state index contributed by atoms with van der Waals surface area (Å²) in [6.07, 6.45) is 4.42. The maximum atomic E-state index is 12.2. The molecule has 0 unspecified atom stereocenters. The predicted molar refractivity (Wildman–Crippen MR) is 89.4 cm³/mol. The molecule has 2 aliphatic heterocycles. The van der Waals surface area contributed by atoms with Gasteiger partial charge < -0.3 is 15.5 Å². The van der Waals surface area contributed by atoms with Gasteiger partial charge >= 0.3 is 0 Å². The fraction of sp³-hybridized carbons (Fsp3) is 0.562. The van der Waals surface area contributed by atoms with Crippen LogP contribution in [0, 0.1) is 5.92 Å². The molecule has 0 saturated carbocycles. The summed E-state index contributed by atoms with van der Waals surface area (Å²) in [5.74, 6) is 0.330. The average Bonchev–Trinajstić information content (AvgIpc) is 3.03. The molecule has 3 rings (SSSR count). The highest BCUT2D eigenvalue weighted by molar-refractivity contribution is 5.93. The molecule has 2 aliphatic rings. The minimum Gasteiger partial charge on any atom is -0.371 e. The number of piperidine rings is 1. The highest BCUT2D eigenvalue weighted by Crippen LogP contribution is 2.24. The van der Waals surface area contributed by atoms with E-state index < -0.39 is 0 Å². The molecule has 0 aromatic heterocycles. The van der Waals surface area contributed by atoms with E-state index in [1.807, 2.05) is 12.1 Å². The summed E-state index contributed by atoms with van der Waals surface area (Å²) in [6.45, 7) is 4.16. The van der Waals surface area contributed by atoms with Gasteiger partial charge in [0.05, 0.1) is 0 Å². The van der Waals surface area contributed by atoms with E-state index in [1.54, 1.807) is 0 Å². The van der Waals surface area contributed by atoms with Gasteiger partial charge in [-0.05, 0) is 57.0 Å². The van der Waals surface area contributed by atoms with Crippen molar-refractivity contribution in [1.29, 1.82) is 0 Å². The maximum Gasteiger partial charge on any atom is 0.227 e. The normalized spacial score (nSPS) is 19.1. The zero-order valence-corrected chi connectivity index (χ0v) is 13.1. The molecular formula is C16H24ClN3O. The molecule has 0 bridgehead atoms. The Balaban J connectivity index is 0.00000161. The molecule has 0 radical (unpaired) electrons. The number of anilines is 2. The van der Waals surface area contributed by atoms with E-state index >= 15 is 0 Å². The zero-order valence-electron chi connectivity index (χ0n) is 12.3. The lowest BCUT2D eigenvalue weighted by Crippen LogP contribution is -2.34. The lowest BCUT2D eigenvalue weighted by molar-refractivity contribution is -0.120. The quantitative estimate of drug-likeness (QED) is 0.902. The highest BCUT2D eigenvalue weighted by atomic mass is 35.5. The van der Waals surface area contributed by atoms with Crippen LogP contribution >= 0.6 is 12.4 Å². The van der Waals surface area contributed by atoms with Crippen molar-refractivity contribution >= 4 is 29.7 Å². The molecule has 2 fully saturated rings. The first-order chi connectivity index (χ1) is 9.83. The Morgan fingerprint density at radius 1 is 1.19 bits per heavy atom. The number of halogens is 1. The van der Waals surface area contributed by atoms with Gasteiger partial charge in [0.25, 0.3) is 0 Å². The fourth-order valence-corrected chi connectivity index (χ4v) is 3.08. The number of hydrogen-bond acceptors (Lipinski definition) is 3. The van der Waals surface area contributed by atoms with Gasteiger partial charge in [0.15, 0.2) is 0 Å². The molecule has 2 N–H and O–H groups in total. The number of nitrogens with zero attached hydrogens (tertiary/aromatic N) is 1. The molecule has 1 amide bonds. The van der Waals surface area contributed by atoms with Crippen LogP contribution < -0.4 is 15.5 Å². The van der Waals surface area contributed by atoms with Crippen molar-refractivity contribution in [2.75, 3.05) is 36.4 Å². The van der Waals surface area contributed by atoms with Crippen LogP contribution in [0.15, 0.2) is 24.3 Å². The van der Waals surface area contributed by atoms with Crippen molar-refractivity contribution in [3.63, 3.8) is 0 Å². The molecule has 2 saturated heterocycles. The van der Waals surface area contributed by atoms with Crippen molar-refractivity contribution in [1.82, 2.24) is 5.32 Å². The first-order valence-corrected chi connectivity index (χ1v) is 7.69. The van der Waals surface area contributed by atoms with E-state index in [2.05, 4.69) is 27.7 Å². The number of rotatable bonds is 3. The van der Waals surface area contributed by atoms with Crippen LogP contribution in [-0.2, 0) is 4.79 Å². The Morgan fingerprint density at radius 3 is 2.62 bits per heavy atom. The van der Waals surface area contributed by atoms with E-state index in [0.29, 0.717) is 0 Å². The third-order valence-corrected chi connectivity index (χ3v) is 4.29. The number of hydrogen-bond donors (Lipinski definition) is 2. The predicted octanol–water partition coefficient (Wildman–Crippen LogP) is 2.65. The number of nitrogens with one attached hydrogen (secondary N) is 2. The van der Waals surface area contributed by atoms with Gasteiger partial charge in [0, 0.05) is 30.4 Å². The standard InChI is InChI=1S/C16H23N3O.ClH/c20-16(13-6-8-17-9-7-13)18-14-4-3-5-15(12-14)19-10-1-2-11-19;/h3-5,12-13,17H,1-2,6-11H2,(H,18,20);1H. The molecule has 4 nitrogen and oxygen atoms in total. The molecular weight excluding hydrogens is 286 g/mol. The third-order valence-electron chi connectivity index (χ3n) is 4.29. The van der Waals surface area contributed by atoms with Crippen LogP contribution in [0.4, 0.5) is 11.4 Å². The average molecular weight is 310 g/mol. The van der Waals surface area contributed by atoms with Crippen LogP contribution in [0.25, 0.3) is 0 Å². The van der Waals surface area contributed by atoms with E-state index in [0.717, 1.165) is 44.7 Å². The van der Waals surface area contributed by atoms with Gasteiger partial charge in [-0.15, -0.1) is 12.4 Å². The molecule has 0 aliphatic carbocycles. The third kappa shape index (κ3) is 4.11. The van der Waals surface area contributed by atoms with Gasteiger partial charge in [-0.2, -0.15) is 0 Å². The summed E-state index contributed by atoms with van der Waals surface area (Å²) < 4.78 is 0. The minimum absolute atomic E-state index is 0. The van der Waals surface area contributed by atoms with Crippen molar-refractivity contribution in [3.05, 3.63) is 24.3 Å². The Labute approximate surface area is 132 Å². The molecule has 0 spiro atoms. The first-order valence-electron chi connectivity index (χ1n) is 7.69. The molecule has 1 aromatic rings. The van der Waals surface area contributed by atoms with Gasteiger partial charge in [-0.25, -0.2) is 0 Å². The van der Waals surface area contributed by atoms with Crippen molar-refractivity contribution in [2.24, 2.45) is 5.92 Å². The largest absolute Gasteiger partial charge is 0.371 e. The first kappa shape index (κ1) is 16.1. The maximum absolute atomic E-state index is 12.2. The molecule has 1 aromatic carbocycles. The summed E-state index contributed by atoms with van der Waals surface area (Å²) in [7, 11) is 0. The van der Waals surface area contributed by atoms with Crippen molar-refractivity contribution in [2.45, 2.75) is 25.7 Å². The van der Waals surface area contributed by atoms with Crippen molar-refractivity contribution in [3.8, 4) is 0 Å². The summed E-state index contributed by atoms with van der Waals surface area (Å²) in [6, 6.07) is 8.25. The van der Waals surface area contributed by atoms with Crippen LogP contribution in [-0.4, -0.2) is 32.1 Å². The molecule has 21 heavy (non-hydrogen) atoms. The number of carbonyl (C=O) groups excluding carboxylic acids is 1. The SMILES string of the molecule is Cl.O=C(Nc1cccc(N2CCCC2)c1)C1CCNCC1. The lowest BCUT2D eigenvalue weighted by Gasteiger charge is -2.22. The smallest absolute Gasteiger partial charge is 0.227 e. The van der Waals surface area contributed by atoms with Crippen molar-refractivity contribution < 1.29 is 4.79 Å². The van der Waals surface area contributed by atoms with Crippen LogP contribution in [0.3, 0.4) is 0 Å². The van der Waals surface area contributed by atoms with Gasteiger partial charge in [0.2, 0.25) is 5.91 Å². The lowest BCUT2D eigenvalue weighted by atomic mass is 9.97. The Hall–Kier alpha value is -1.26. The molecule has 5 heteroatoms. The Morgan fingerprint density at radius 2 is 1.90 bits per heavy atom. The second-order valence-electron chi connectivity index (χ2n) is 5.76. The topological polar surface area (TPSA) is 44.4 Å². The van der Waals surface area contributed by atoms with Gasteiger partial charge in [-0.1, -0.05) is 6.07 Å². The number of amides is 1. The zero-order chi connectivity index (χ0) is 13.8. The Bertz CT molecular complexity index is 468.